The Kier molecular flexibility index (Phi) is 6.35. The fraction of sp³-hybridized carbons (Fsp3) is 0.316. The lowest BCUT2D eigenvalue weighted by atomic mass is 10.1. The highest BCUT2D eigenvalue weighted by molar-refractivity contribution is 5.91. The number of rotatable bonds is 7. The van der Waals surface area contributed by atoms with E-state index in [-0.39, 0.29) is 17.6 Å². The van der Waals surface area contributed by atoms with E-state index in [0.717, 1.165) is 38.4 Å². The molecule has 0 saturated carbocycles. The maximum absolute atomic E-state index is 12.0. The molecule has 0 atom stereocenters. The Balaban J connectivity index is 1.55. The fourth-order valence-electron chi connectivity index (χ4n) is 2.81. The van der Waals surface area contributed by atoms with Crippen molar-refractivity contribution >= 4 is 17.9 Å². The van der Waals surface area contributed by atoms with Crippen molar-refractivity contribution in [2.75, 3.05) is 26.3 Å². The van der Waals surface area contributed by atoms with Crippen LogP contribution < -0.4 is 5.32 Å². The van der Waals surface area contributed by atoms with Crippen molar-refractivity contribution in [1.82, 2.24) is 10.2 Å². The number of hydrogen-bond donors (Lipinski definition) is 1. The summed E-state index contributed by atoms with van der Waals surface area (Å²) in [7, 11) is 0. The monoisotopic (exact) mass is 371 g/mol. The summed E-state index contributed by atoms with van der Waals surface area (Å²) in [6, 6.07) is 10.7. The zero-order chi connectivity index (χ0) is 19.1. The van der Waals surface area contributed by atoms with Crippen molar-refractivity contribution in [2.24, 2.45) is 0 Å². The number of carbonyl (C=O) groups excluding carboxylic acids is 1. The molecule has 8 heteroatoms. The van der Waals surface area contributed by atoms with Gasteiger partial charge in [0.15, 0.2) is 0 Å². The molecule has 1 amide bonds. The summed E-state index contributed by atoms with van der Waals surface area (Å²) < 4.78 is 10.4. The van der Waals surface area contributed by atoms with Crippen molar-refractivity contribution in [2.45, 2.75) is 13.1 Å². The van der Waals surface area contributed by atoms with Gasteiger partial charge in [-0.05, 0) is 23.3 Å². The molecule has 142 valence electrons. The third-order valence-corrected chi connectivity index (χ3v) is 4.26. The zero-order valence-corrected chi connectivity index (χ0v) is 14.8. The molecule has 1 N–H and O–H groups in total. The van der Waals surface area contributed by atoms with Gasteiger partial charge < -0.3 is 14.5 Å². The lowest BCUT2D eigenvalue weighted by Gasteiger charge is -2.27. The molecule has 2 aromatic rings. The van der Waals surface area contributed by atoms with Gasteiger partial charge >= 0.3 is 5.88 Å². The van der Waals surface area contributed by atoms with Crippen LogP contribution in [0.3, 0.4) is 0 Å². The number of amides is 1. The summed E-state index contributed by atoms with van der Waals surface area (Å²) in [5.74, 6) is -0.396. The normalized spacial score (nSPS) is 15.1. The highest BCUT2D eigenvalue weighted by atomic mass is 16.6. The number of hydrogen-bond acceptors (Lipinski definition) is 6. The minimum Gasteiger partial charge on any atom is -0.401 e. The van der Waals surface area contributed by atoms with Gasteiger partial charge in [0.2, 0.25) is 5.91 Å². The Hall–Kier alpha value is -2.97. The van der Waals surface area contributed by atoms with Crippen LogP contribution in [0.4, 0.5) is 5.88 Å². The Labute approximate surface area is 156 Å². The maximum Gasteiger partial charge on any atom is 0.433 e. The van der Waals surface area contributed by atoms with Gasteiger partial charge in [0, 0.05) is 32.3 Å². The summed E-state index contributed by atoms with van der Waals surface area (Å²) in [5, 5.41) is 13.4. The topological polar surface area (TPSA) is 97.8 Å². The summed E-state index contributed by atoms with van der Waals surface area (Å²) in [6.07, 6.45) is 2.70. The van der Waals surface area contributed by atoms with Crippen LogP contribution in [-0.4, -0.2) is 42.0 Å². The molecular weight excluding hydrogens is 350 g/mol. The van der Waals surface area contributed by atoms with Crippen LogP contribution in [0.15, 0.2) is 46.9 Å². The standard InChI is InChI=1S/C19H21N3O5/c23-18(7-5-17-6-8-19(27-17)22(24)25)20-13-15-3-1-2-4-16(15)14-21-9-11-26-12-10-21/h1-8H,9-14H2,(H,20,23)/b7-5+. The average molecular weight is 371 g/mol. The number of furan rings is 1. The molecule has 0 aliphatic carbocycles. The van der Waals surface area contributed by atoms with Gasteiger partial charge in [0.1, 0.15) is 10.7 Å². The molecule has 1 aliphatic heterocycles. The summed E-state index contributed by atoms with van der Waals surface area (Å²) in [4.78, 5) is 24.3. The average Bonchev–Trinajstić information content (AvgIpc) is 3.16. The largest absolute Gasteiger partial charge is 0.433 e. The lowest BCUT2D eigenvalue weighted by Crippen LogP contribution is -2.36. The minimum atomic E-state index is -0.622. The maximum atomic E-state index is 12.0. The first-order valence-electron chi connectivity index (χ1n) is 8.69. The Bertz CT molecular complexity index is 824. The second-order valence-electron chi connectivity index (χ2n) is 6.14. The van der Waals surface area contributed by atoms with Crippen molar-refractivity contribution in [3.8, 4) is 0 Å². The van der Waals surface area contributed by atoms with Gasteiger partial charge in [0.05, 0.1) is 19.3 Å². The molecule has 1 aliphatic rings. The molecule has 0 radical (unpaired) electrons. The fourth-order valence-corrected chi connectivity index (χ4v) is 2.81. The molecule has 0 unspecified atom stereocenters. The SMILES string of the molecule is O=C(/C=C/c1ccc([N+](=O)[O-])o1)NCc1ccccc1CN1CCOCC1. The van der Waals surface area contributed by atoms with E-state index < -0.39 is 4.92 Å². The van der Waals surface area contributed by atoms with Gasteiger partial charge in [-0.15, -0.1) is 0 Å². The number of benzene rings is 1. The number of nitrogens with one attached hydrogen (secondary N) is 1. The second-order valence-corrected chi connectivity index (χ2v) is 6.14. The van der Waals surface area contributed by atoms with Crippen LogP contribution in [0.25, 0.3) is 6.08 Å². The summed E-state index contributed by atoms with van der Waals surface area (Å²) in [6.45, 7) is 4.52. The van der Waals surface area contributed by atoms with E-state index in [1.165, 1.54) is 29.8 Å². The van der Waals surface area contributed by atoms with Crippen LogP contribution in [0.1, 0.15) is 16.9 Å². The minimum absolute atomic E-state index is 0.254. The van der Waals surface area contributed by atoms with E-state index in [1.54, 1.807) is 0 Å². The van der Waals surface area contributed by atoms with E-state index in [0.29, 0.717) is 6.54 Å². The van der Waals surface area contributed by atoms with Gasteiger partial charge in [-0.25, -0.2) is 0 Å². The highest BCUT2D eigenvalue weighted by Gasteiger charge is 2.13. The number of nitrogens with zero attached hydrogens (tertiary/aromatic N) is 2. The first-order valence-corrected chi connectivity index (χ1v) is 8.69. The third-order valence-electron chi connectivity index (χ3n) is 4.26. The molecule has 1 saturated heterocycles. The molecule has 1 fully saturated rings. The third kappa shape index (κ3) is 5.50. The van der Waals surface area contributed by atoms with Crippen LogP contribution >= 0.6 is 0 Å². The van der Waals surface area contributed by atoms with Crippen LogP contribution in [0, 0.1) is 10.1 Å². The van der Waals surface area contributed by atoms with E-state index >= 15 is 0 Å². The zero-order valence-electron chi connectivity index (χ0n) is 14.8. The van der Waals surface area contributed by atoms with Gasteiger partial charge in [-0.2, -0.15) is 0 Å². The van der Waals surface area contributed by atoms with Gasteiger partial charge in [-0.3, -0.25) is 19.8 Å². The number of nitro groups is 1. The molecule has 8 nitrogen and oxygen atoms in total. The molecule has 0 spiro atoms. The van der Waals surface area contributed by atoms with Crippen LogP contribution in [0.5, 0.6) is 0 Å². The number of ether oxygens (including phenoxy) is 1. The summed E-state index contributed by atoms with van der Waals surface area (Å²) in [5.41, 5.74) is 2.23. The van der Waals surface area contributed by atoms with E-state index in [9.17, 15) is 14.9 Å². The number of morpholine rings is 1. The molecule has 2 heterocycles. The predicted octanol–water partition coefficient (Wildman–Crippen LogP) is 2.35. The van der Waals surface area contributed by atoms with E-state index in [2.05, 4.69) is 16.3 Å². The van der Waals surface area contributed by atoms with Crippen LogP contribution in [0.2, 0.25) is 0 Å². The first-order chi connectivity index (χ1) is 13.1. The quantitative estimate of drug-likeness (QED) is 0.456. The van der Waals surface area contributed by atoms with Gasteiger partial charge in [0.25, 0.3) is 0 Å². The summed E-state index contributed by atoms with van der Waals surface area (Å²) >= 11 is 0. The molecule has 3 rings (SSSR count). The Morgan fingerprint density at radius 3 is 2.63 bits per heavy atom. The van der Waals surface area contributed by atoms with Crippen molar-refractivity contribution in [3.63, 3.8) is 0 Å². The lowest BCUT2D eigenvalue weighted by molar-refractivity contribution is -0.402. The van der Waals surface area contributed by atoms with Crippen molar-refractivity contribution < 1.29 is 18.9 Å². The molecule has 1 aromatic carbocycles. The van der Waals surface area contributed by atoms with E-state index in [4.69, 9.17) is 9.15 Å². The second kappa shape index (κ2) is 9.11. The predicted molar refractivity (Wildman–Crippen MR) is 98.8 cm³/mol. The van der Waals surface area contributed by atoms with Crippen molar-refractivity contribution in [3.05, 3.63) is 69.5 Å². The van der Waals surface area contributed by atoms with Gasteiger partial charge in [-0.1, -0.05) is 24.3 Å². The van der Waals surface area contributed by atoms with E-state index in [1.807, 2.05) is 18.2 Å². The number of carbonyl (C=O) groups is 1. The Morgan fingerprint density at radius 1 is 1.19 bits per heavy atom. The van der Waals surface area contributed by atoms with Crippen molar-refractivity contribution in [1.29, 1.82) is 0 Å². The molecule has 0 bridgehead atoms. The molecule has 1 aromatic heterocycles. The Morgan fingerprint density at radius 2 is 1.93 bits per heavy atom. The molecular formula is C19H21N3O5. The smallest absolute Gasteiger partial charge is 0.401 e. The molecule has 27 heavy (non-hydrogen) atoms. The first kappa shape index (κ1) is 18.8. The van der Waals surface area contributed by atoms with Crippen LogP contribution in [-0.2, 0) is 22.6 Å². The highest BCUT2D eigenvalue weighted by Crippen LogP contribution is 2.16.